The number of aliphatic hydroxyl groups excluding tert-OH is 2. The second-order valence-corrected chi connectivity index (χ2v) is 14.0. The van der Waals surface area contributed by atoms with Crippen LogP contribution in [0, 0.1) is 34.0 Å². The molecule has 2 aliphatic carbocycles. The maximum atomic E-state index is 13.3. The lowest BCUT2D eigenvalue weighted by atomic mass is 9.41. The first-order valence-corrected chi connectivity index (χ1v) is 15.1. The normalized spacial score (nSPS) is 43.8. The van der Waals surface area contributed by atoms with Crippen LogP contribution in [-0.4, -0.2) is 77.5 Å². The number of ether oxygens (including phenoxy) is 5. The maximum Gasteiger partial charge on any atom is 0.340 e. The summed E-state index contributed by atoms with van der Waals surface area (Å²) in [5, 5.41) is 21.9. The summed E-state index contributed by atoms with van der Waals surface area (Å²) in [6.07, 6.45) is -3.34. The van der Waals surface area contributed by atoms with Gasteiger partial charge in [0.05, 0.1) is 31.1 Å². The monoisotopic (exact) mass is 604 g/mol. The van der Waals surface area contributed by atoms with E-state index in [0.717, 1.165) is 0 Å². The third-order valence-electron chi connectivity index (χ3n) is 11.7. The fourth-order valence-electron chi connectivity index (χ4n) is 8.88. The maximum absolute atomic E-state index is 13.3. The van der Waals surface area contributed by atoms with Gasteiger partial charge in [-0.3, -0.25) is 14.4 Å². The summed E-state index contributed by atoms with van der Waals surface area (Å²) in [5.74, 6) is -3.57. The van der Waals surface area contributed by atoms with E-state index in [0.29, 0.717) is 24.8 Å². The summed E-state index contributed by atoms with van der Waals surface area (Å²) in [6, 6.07) is 0. The number of aliphatic hydroxyl groups is 2. The summed E-state index contributed by atoms with van der Waals surface area (Å²) in [5.41, 5.74) is -3.53. The highest BCUT2D eigenvalue weighted by Crippen LogP contribution is 2.71. The Morgan fingerprint density at radius 1 is 1.16 bits per heavy atom. The molecule has 11 atom stereocenters. The highest BCUT2D eigenvalue weighted by molar-refractivity contribution is 5.93. The van der Waals surface area contributed by atoms with Gasteiger partial charge in [0.2, 0.25) is 6.29 Å². The van der Waals surface area contributed by atoms with Crippen LogP contribution in [0.15, 0.2) is 23.8 Å². The number of hydrogen-bond donors (Lipinski definition) is 2. The zero-order valence-electron chi connectivity index (χ0n) is 26.0. The highest BCUT2D eigenvalue weighted by Gasteiger charge is 2.76. The van der Waals surface area contributed by atoms with Crippen LogP contribution in [0.2, 0.25) is 0 Å². The number of esters is 4. The number of carbonyl (C=O) groups is 4. The van der Waals surface area contributed by atoms with Gasteiger partial charge < -0.3 is 33.9 Å². The molecule has 0 aromatic heterocycles. The minimum Gasteiger partial charge on any atom is -0.469 e. The molecule has 0 radical (unpaired) electrons. The van der Waals surface area contributed by atoms with Crippen molar-refractivity contribution in [3.8, 4) is 0 Å². The van der Waals surface area contributed by atoms with Crippen molar-refractivity contribution in [1.29, 1.82) is 0 Å². The highest BCUT2D eigenvalue weighted by atomic mass is 16.6. The van der Waals surface area contributed by atoms with Crippen molar-refractivity contribution in [2.75, 3.05) is 7.11 Å². The molecule has 3 aliphatic heterocycles. The van der Waals surface area contributed by atoms with Crippen molar-refractivity contribution in [3.05, 3.63) is 23.8 Å². The average Bonchev–Trinajstić information content (AvgIpc) is 3.28. The molecule has 11 nitrogen and oxygen atoms in total. The van der Waals surface area contributed by atoms with Crippen molar-refractivity contribution in [2.24, 2.45) is 34.0 Å². The first-order valence-electron chi connectivity index (χ1n) is 15.1. The van der Waals surface area contributed by atoms with Gasteiger partial charge >= 0.3 is 23.9 Å². The molecule has 2 N–H and O–H groups in total. The fourth-order valence-corrected chi connectivity index (χ4v) is 8.88. The largest absolute Gasteiger partial charge is 0.469 e. The predicted octanol–water partition coefficient (Wildman–Crippen LogP) is 2.76. The molecule has 11 heteroatoms. The molecule has 43 heavy (non-hydrogen) atoms. The topological polar surface area (TPSA) is 155 Å². The van der Waals surface area contributed by atoms with Crippen LogP contribution in [0.25, 0.3) is 0 Å². The number of cyclic esters (lactones) is 2. The number of carbonyl (C=O) groups excluding carboxylic acids is 4. The molecule has 2 bridgehead atoms. The summed E-state index contributed by atoms with van der Waals surface area (Å²) >= 11 is 0. The van der Waals surface area contributed by atoms with Gasteiger partial charge in [0.15, 0.2) is 6.10 Å². The van der Waals surface area contributed by atoms with Crippen molar-refractivity contribution in [3.63, 3.8) is 0 Å². The third kappa shape index (κ3) is 4.32. The lowest BCUT2D eigenvalue weighted by Gasteiger charge is -2.71. The number of fused-ring (bicyclic) bond motifs is 3. The van der Waals surface area contributed by atoms with Crippen molar-refractivity contribution < 1.29 is 53.1 Å². The molecule has 2 saturated carbocycles. The molecular weight excluding hydrogens is 560 g/mol. The van der Waals surface area contributed by atoms with E-state index < -0.39 is 88.3 Å². The summed E-state index contributed by atoms with van der Waals surface area (Å²) < 4.78 is 29.0. The number of hydrogen-bond acceptors (Lipinski definition) is 11. The molecule has 11 unspecified atom stereocenters. The van der Waals surface area contributed by atoms with E-state index in [4.69, 9.17) is 23.7 Å². The van der Waals surface area contributed by atoms with Crippen LogP contribution in [0.5, 0.6) is 0 Å². The second-order valence-electron chi connectivity index (χ2n) is 14.0. The molecule has 1 spiro atoms. The molecule has 5 aliphatic rings. The van der Waals surface area contributed by atoms with E-state index in [9.17, 15) is 29.4 Å². The van der Waals surface area contributed by atoms with E-state index >= 15 is 0 Å². The zero-order valence-corrected chi connectivity index (χ0v) is 26.0. The third-order valence-corrected chi connectivity index (χ3v) is 11.7. The first-order chi connectivity index (χ1) is 20.0. The van der Waals surface area contributed by atoms with E-state index in [2.05, 4.69) is 6.58 Å². The Morgan fingerprint density at radius 2 is 1.84 bits per heavy atom. The lowest BCUT2D eigenvalue weighted by Crippen LogP contribution is -2.77. The van der Waals surface area contributed by atoms with Gasteiger partial charge in [0.1, 0.15) is 17.8 Å². The van der Waals surface area contributed by atoms with Crippen LogP contribution in [-0.2, 0) is 42.9 Å². The minimum atomic E-state index is -1.46. The Balaban J connectivity index is 1.68. The van der Waals surface area contributed by atoms with E-state index in [-0.39, 0.29) is 24.3 Å². The van der Waals surface area contributed by atoms with Gasteiger partial charge in [-0.15, -0.1) is 0 Å². The molecule has 0 aromatic rings. The summed E-state index contributed by atoms with van der Waals surface area (Å²) in [6.45, 7) is 15.7. The van der Waals surface area contributed by atoms with E-state index in [1.54, 1.807) is 6.92 Å². The molecule has 2 saturated heterocycles. The Hall–Kier alpha value is -2.76. The number of methoxy groups -OCH3 is 1. The molecule has 0 aromatic carbocycles. The molecule has 238 valence electrons. The van der Waals surface area contributed by atoms with Crippen molar-refractivity contribution in [1.82, 2.24) is 0 Å². The molecule has 5 rings (SSSR count). The SMILES string of the molecule is C=C1C2CCC3(C)C(C4=CC(O)OC4=O)OC(=O)CC13OC1C(OC(=O)C(C)CC)C(O)C(C)(C)C(CC(=O)OC)C21C. The van der Waals surface area contributed by atoms with Crippen LogP contribution in [0.4, 0.5) is 0 Å². The smallest absolute Gasteiger partial charge is 0.340 e. The quantitative estimate of drug-likeness (QED) is 0.261. The van der Waals surface area contributed by atoms with Crippen molar-refractivity contribution in [2.45, 2.75) is 110 Å². The van der Waals surface area contributed by atoms with Crippen LogP contribution < -0.4 is 0 Å². The Kier molecular flexibility index (Phi) is 7.66. The number of rotatable bonds is 6. The standard InChI is InChI=1S/C32H44O11/c1-9-15(2)27(37)42-23-24(36)29(4,5)19(13-20(33)39-8)31(7)18-10-11-30(6)25(17-12-21(34)41-28(17)38)40-22(35)14-32(30,16(18)3)43-26(23)31/h12,15,18-19,21,23-26,34,36H,3,9-11,13-14H2,1-2,4-8H3. The Bertz CT molecular complexity index is 1270. The second kappa shape index (κ2) is 10.4. The zero-order chi connectivity index (χ0) is 31.9. The van der Waals surface area contributed by atoms with Gasteiger partial charge in [-0.05, 0) is 48.2 Å². The van der Waals surface area contributed by atoms with E-state index in [1.807, 2.05) is 34.6 Å². The molecular formula is C32H44O11. The van der Waals surface area contributed by atoms with Crippen LogP contribution >= 0.6 is 0 Å². The Morgan fingerprint density at radius 3 is 2.42 bits per heavy atom. The van der Waals surface area contributed by atoms with Gasteiger partial charge in [0, 0.05) is 17.3 Å². The van der Waals surface area contributed by atoms with Crippen LogP contribution in [0.1, 0.15) is 73.6 Å². The lowest BCUT2D eigenvalue weighted by molar-refractivity contribution is -0.336. The van der Waals surface area contributed by atoms with Gasteiger partial charge in [0.25, 0.3) is 0 Å². The summed E-state index contributed by atoms with van der Waals surface area (Å²) in [4.78, 5) is 52.1. The summed E-state index contributed by atoms with van der Waals surface area (Å²) in [7, 11) is 1.32. The van der Waals surface area contributed by atoms with Gasteiger partial charge in [-0.25, -0.2) is 4.79 Å². The fraction of sp³-hybridized carbons (Fsp3) is 0.750. The van der Waals surface area contributed by atoms with Gasteiger partial charge in [-0.1, -0.05) is 48.1 Å². The average molecular weight is 605 g/mol. The molecule has 3 heterocycles. The van der Waals surface area contributed by atoms with Crippen molar-refractivity contribution >= 4 is 23.9 Å². The van der Waals surface area contributed by atoms with Crippen LogP contribution in [0.3, 0.4) is 0 Å². The first kappa shape index (κ1) is 31.7. The predicted molar refractivity (Wildman–Crippen MR) is 150 cm³/mol. The molecule has 0 amide bonds. The van der Waals surface area contributed by atoms with E-state index in [1.165, 1.54) is 13.2 Å². The van der Waals surface area contributed by atoms with Gasteiger partial charge in [-0.2, -0.15) is 0 Å². The Labute approximate surface area is 251 Å². The minimum absolute atomic E-state index is 0.0156. The molecule has 4 fully saturated rings.